The highest BCUT2D eigenvalue weighted by atomic mass is 32.1. The molecule has 2 nitrogen and oxygen atoms in total. The van der Waals surface area contributed by atoms with Gasteiger partial charge in [-0.3, -0.25) is 0 Å². The summed E-state index contributed by atoms with van der Waals surface area (Å²) in [5.74, 6) is -0.291. The monoisotopic (exact) mass is 364 g/mol. The van der Waals surface area contributed by atoms with Crippen LogP contribution in [0.3, 0.4) is 0 Å². The van der Waals surface area contributed by atoms with Crippen molar-refractivity contribution in [2.75, 3.05) is 6.61 Å². The van der Waals surface area contributed by atoms with Crippen LogP contribution < -0.4 is 0 Å². The molecule has 0 aromatic heterocycles. The molecule has 0 aliphatic heterocycles. The summed E-state index contributed by atoms with van der Waals surface area (Å²) < 4.78 is 5.01. The van der Waals surface area contributed by atoms with Gasteiger partial charge in [0.2, 0.25) is 0 Å². The van der Waals surface area contributed by atoms with Gasteiger partial charge in [0, 0.05) is 11.3 Å². The lowest BCUT2D eigenvalue weighted by Crippen LogP contribution is -2.04. The van der Waals surface area contributed by atoms with Crippen LogP contribution in [0.5, 0.6) is 0 Å². The molecule has 0 amide bonds. The van der Waals surface area contributed by atoms with Crippen molar-refractivity contribution < 1.29 is 9.53 Å². The smallest absolute Gasteiger partial charge is 0.338 e. The molecule has 0 aliphatic rings. The Morgan fingerprint density at radius 1 is 1.12 bits per heavy atom. The number of carbonyl (C=O) groups is 1. The summed E-state index contributed by atoms with van der Waals surface area (Å²) in [5, 5.41) is 0. The molecular weight excluding hydrogens is 340 g/mol. The summed E-state index contributed by atoms with van der Waals surface area (Å²) in [6.07, 6.45) is 2.84. The van der Waals surface area contributed by atoms with Crippen molar-refractivity contribution in [3.63, 3.8) is 0 Å². The second-order valence-electron chi connectivity index (χ2n) is 6.25. The van der Waals surface area contributed by atoms with Crippen LogP contribution in [-0.4, -0.2) is 17.4 Å². The SMILES string of the molecule is C=C(C)C(=S)Cc1cccc(C(C)=Cc2ccc(C(=O)OCC)cc2)c1. The first kappa shape index (κ1) is 19.8. The van der Waals surface area contributed by atoms with Crippen molar-refractivity contribution in [3.05, 3.63) is 82.9 Å². The third kappa shape index (κ3) is 5.50. The summed E-state index contributed by atoms with van der Waals surface area (Å²) in [6.45, 7) is 10.1. The number of benzene rings is 2. The maximum Gasteiger partial charge on any atom is 0.338 e. The number of hydrogen-bond acceptors (Lipinski definition) is 3. The minimum absolute atomic E-state index is 0.291. The second kappa shape index (κ2) is 9.25. The van der Waals surface area contributed by atoms with Gasteiger partial charge in [-0.25, -0.2) is 4.79 Å². The fraction of sp³-hybridized carbons (Fsp3) is 0.217. The molecule has 3 heteroatoms. The molecule has 0 spiro atoms. The van der Waals surface area contributed by atoms with Crippen LogP contribution in [0.25, 0.3) is 11.6 Å². The Labute approximate surface area is 161 Å². The van der Waals surface area contributed by atoms with E-state index in [1.807, 2.05) is 25.1 Å². The van der Waals surface area contributed by atoms with Crippen LogP contribution in [0.1, 0.15) is 47.8 Å². The number of rotatable bonds is 7. The van der Waals surface area contributed by atoms with Crippen molar-refractivity contribution >= 4 is 34.7 Å². The summed E-state index contributed by atoms with van der Waals surface area (Å²) >= 11 is 5.37. The van der Waals surface area contributed by atoms with Gasteiger partial charge in [0.25, 0.3) is 0 Å². The molecular formula is C23H24O2S. The zero-order valence-corrected chi connectivity index (χ0v) is 16.4. The lowest BCUT2D eigenvalue weighted by molar-refractivity contribution is 0.0526. The van der Waals surface area contributed by atoms with E-state index < -0.39 is 0 Å². The molecule has 2 aromatic rings. The van der Waals surface area contributed by atoms with E-state index in [0.717, 1.165) is 33.6 Å². The third-order valence-electron chi connectivity index (χ3n) is 4.03. The van der Waals surface area contributed by atoms with Gasteiger partial charge >= 0.3 is 5.97 Å². The molecule has 0 aliphatic carbocycles. The summed E-state index contributed by atoms with van der Waals surface area (Å²) in [6, 6.07) is 15.8. The van der Waals surface area contributed by atoms with E-state index in [0.29, 0.717) is 12.2 Å². The van der Waals surface area contributed by atoms with E-state index in [9.17, 15) is 4.79 Å². The molecule has 0 heterocycles. The van der Waals surface area contributed by atoms with Crippen molar-refractivity contribution in [1.82, 2.24) is 0 Å². The number of ether oxygens (including phenoxy) is 1. The quantitative estimate of drug-likeness (QED) is 0.264. The molecule has 0 bridgehead atoms. The zero-order valence-electron chi connectivity index (χ0n) is 15.5. The Morgan fingerprint density at radius 3 is 2.42 bits per heavy atom. The van der Waals surface area contributed by atoms with Crippen molar-refractivity contribution in [3.8, 4) is 0 Å². The van der Waals surface area contributed by atoms with E-state index in [4.69, 9.17) is 17.0 Å². The molecule has 0 saturated carbocycles. The number of thiocarbonyl (C=S) groups is 1. The van der Waals surface area contributed by atoms with Gasteiger partial charge in [0.1, 0.15) is 0 Å². The van der Waals surface area contributed by atoms with Gasteiger partial charge in [-0.1, -0.05) is 61.3 Å². The summed E-state index contributed by atoms with van der Waals surface area (Å²) in [4.78, 5) is 12.6. The van der Waals surface area contributed by atoms with Crippen LogP contribution in [-0.2, 0) is 11.2 Å². The standard InChI is InChI=1S/C23H24O2S/c1-5-25-23(24)20-11-9-18(10-12-20)13-17(4)21-8-6-7-19(14-21)15-22(26)16(2)3/h6-14H,2,5,15H2,1,3-4H3. The Kier molecular flexibility index (Phi) is 7.05. The number of carbonyl (C=O) groups excluding carboxylic acids is 1. The largest absolute Gasteiger partial charge is 0.462 e. The molecule has 26 heavy (non-hydrogen) atoms. The Morgan fingerprint density at radius 2 is 1.81 bits per heavy atom. The number of allylic oxidation sites excluding steroid dienone is 2. The highest BCUT2D eigenvalue weighted by Gasteiger charge is 2.06. The van der Waals surface area contributed by atoms with E-state index in [-0.39, 0.29) is 5.97 Å². The molecule has 134 valence electrons. The van der Waals surface area contributed by atoms with Crippen molar-refractivity contribution in [1.29, 1.82) is 0 Å². The fourth-order valence-electron chi connectivity index (χ4n) is 2.53. The molecule has 0 N–H and O–H groups in total. The second-order valence-corrected chi connectivity index (χ2v) is 6.74. The Balaban J connectivity index is 2.17. The van der Waals surface area contributed by atoms with E-state index >= 15 is 0 Å². The summed E-state index contributed by atoms with van der Waals surface area (Å²) in [5.41, 5.74) is 6.04. The lowest BCUT2D eigenvalue weighted by Gasteiger charge is -2.08. The number of esters is 1. The molecule has 2 rings (SSSR count). The normalized spacial score (nSPS) is 11.1. The molecule has 0 unspecified atom stereocenters. The van der Waals surface area contributed by atoms with Crippen LogP contribution in [0.2, 0.25) is 0 Å². The van der Waals surface area contributed by atoms with E-state index in [2.05, 4.69) is 37.8 Å². The maximum absolute atomic E-state index is 11.7. The molecule has 0 atom stereocenters. The topological polar surface area (TPSA) is 26.3 Å². The van der Waals surface area contributed by atoms with Gasteiger partial charge < -0.3 is 4.74 Å². The maximum atomic E-state index is 11.7. The van der Waals surface area contributed by atoms with Crippen molar-refractivity contribution in [2.24, 2.45) is 0 Å². The van der Waals surface area contributed by atoms with Gasteiger partial charge in [-0.05, 0) is 60.7 Å². The van der Waals surface area contributed by atoms with Crippen LogP contribution >= 0.6 is 12.2 Å². The average Bonchev–Trinajstić information content (AvgIpc) is 2.62. The highest BCUT2D eigenvalue weighted by Crippen LogP contribution is 2.20. The predicted octanol–water partition coefficient (Wildman–Crippen LogP) is 5.91. The van der Waals surface area contributed by atoms with Crippen LogP contribution in [0, 0.1) is 0 Å². The molecule has 0 saturated heterocycles. The molecule has 0 radical (unpaired) electrons. The highest BCUT2D eigenvalue weighted by molar-refractivity contribution is 7.80. The first-order valence-electron chi connectivity index (χ1n) is 8.64. The Hall–Kier alpha value is -2.52. The van der Waals surface area contributed by atoms with Gasteiger partial charge in [0.15, 0.2) is 0 Å². The minimum Gasteiger partial charge on any atom is -0.462 e. The Bertz CT molecular complexity index is 845. The van der Waals surface area contributed by atoms with Gasteiger partial charge in [-0.2, -0.15) is 0 Å². The van der Waals surface area contributed by atoms with Gasteiger partial charge in [0.05, 0.1) is 12.2 Å². The number of hydrogen-bond donors (Lipinski definition) is 0. The van der Waals surface area contributed by atoms with Crippen LogP contribution in [0.4, 0.5) is 0 Å². The van der Waals surface area contributed by atoms with E-state index in [1.165, 1.54) is 5.56 Å². The van der Waals surface area contributed by atoms with E-state index in [1.54, 1.807) is 19.1 Å². The predicted molar refractivity (Wildman–Crippen MR) is 114 cm³/mol. The van der Waals surface area contributed by atoms with Crippen molar-refractivity contribution in [2.45, 2.75) is 27.2 Å². The summed E-state index contributed by atoms with van der Waals surface area (Å²) in [7, 11) is 0. The zero-order chi connectivity index (χ0) is 19.1. The lowest BCUT2D eigenvalue weighted by atomic mass is 9.99. The van der Waals surface area contributed by atoms with Gasteiger partial charge in [-0.15, -0.1) is 0 Å². The first-order chi connectivity index (χ1) is 12.4. The van der Waals surface area contributed by atoms with Crippen LogP contribution in [0.15, 0.2) is 60.7 Å². The minimum atomic E-state index is -0.291. The molecule has 0 fully saturated rings. The first-order valence-corrected chi connectivity index (χ1v) is 9.05. The fourth-order valence-corrected chi connectivity index (χ4v) is 2.69. The average molecular weight is 365 g/mol. The molecule has 2 aromatic carbocycles. The third-order valence-corrected chi connectivity index (χ3v) is 4.52.